The number of hydrogen-bond acceptors (Lipinski definition) is 6. The topological polar surface area (TPSA) is 97.7 Å². The molecule has 0 atom stereocenters. The first-order valence-corrected chi connectivity index (χ1v) is 9.51. The summed E-state index contributed by atoms with van der Waals surface area (Å²) in [4.78, 5) is 23.9. The number of amides is 1. The van der Waals surface area contributed by atoms with Crippen LogP contribution in [-0.4, -0.2) is 31.7 Å². The molecule has 0 spiro atoms. The van der Waals surface area contributed by atoms with Gasteiger partial charge >= 0.3 is 5.97 Å². The molecular weight excluding hydrogens is 384 g/mol. The quantitative estimate of drug-likeness (QED) is 0.384. The lowest BCUT2D eigenvalue weighted by Gasteiger charge is -2.13. The molecule has 0 fully saturated rings. The molecule has 0 saturated carbocycles. The first-order valence-electron chi connectivity index (χ1n) is 9.51. The Morgan fingerprint density at radius 2 is 1.77 bits per heavy atom. The predicted octanol–water partition coefficient (Wildman–Crippen LogP) is 3.88. The van der Waals surface area contributed by atoms with Crippen LogP contribution in [0.1, 0.15) is 25.0 Å². The summed E-state index contributed by atoms with van der Waals surface area (Å²) in [6.07, 6.45) is 1.41. The molecule has 7 nitrogen and oxygen atoms in total. The number of aryl methyl sites for hydroxylation is 1. The highest BCUT2D eigenvalue weighted by atomic mass is 16.5. The smallest absolute Gasteiger partial charge is 0.348 e. The van der Waals surface area contributed by atoms with E-state index in [0.29, 0.717) is 29.4 Å². The average molecular weight is 408 g/mol. The van der Waals surface area contributed by atoms with Crippen LogP contribution in [0.25, 0.3) is 6.08 Å². The van der Waals surface area contributed by atoms with Gasteiger partial charge in [0.25, 0.3) is 5.91 Å². The van der Waals surface area contributed by atoms with Crippen LogP contribution in [-0.2, 0) is 14.3 Å². The Bertz CT molecular complexity index is 959. The maximum Gasteiger partial charge on any atom is 0.348 e. The van der Waals surface area contributed by atoms with E-state index in [4.69, 9.17) is 14.2 Å². The van der Waals surface area contributed by atoms with E-state index in [2.05, 4.69) is 5.32 Å². The Morgan fingerprint density at radius 1 is 1.03 bits per heavy atom. The SMILES string of the molecule is CCOC(=O)C(C#N)=Cc1ccc(OCC(=O)Nc2ccc(C)cc2)c(OCC)c1. The van der Waals surface area contributed by atoms with Gasteiger partial charge in [0, 0.05) is 5.69 Å². The molecule has 156 valence electrons. The molecule has 0 aromatic heterocycles. The van der Waals surface area contributed by atoms with Crippen molar-refractivity contribution in [1.82, 2.24) is 0 Å². The van der Waals surface area contributed by atoms with E-state index in [1.165, 1.54) is 6.08 Å². The number of nitrogens with zero attached hydrogens (tertiary/aromatic N) is 1. The third-order valence-corrected chi connectivity index (χ3v) is 3.89. The molecule has 0 unspecified atom stereocenters. The van der Waals surface area contributed by atoms with Crippen molar-refractivity contribution in [3.8, 4) is 17.6 Å². The van der Waals surface area contributed by atoms with Crippen LogP contribution in [0.15, 0.2) is 48.0 Å². The van der Waals surface area contributed by atoms with Gasteiger partial charge in [-0.3, -0.25) is 4.79 Å². The van der Waals surface area contributed by atoms with E-state index >= 15 is 0 Å². The fourth-order valence-corrected chi connectivity index (χ4v) is 2.49. The fourth-order valence-electron chi connectivity index (χ4n) is 2.49. The normalized spacial score (nSPS) is 10.7. The van der Waals surface area contributed by atoms with Crippen LogP contribution in [0.3, 0.4) is 0 Å². The van der Waals surface area contributed by atoms with Gasteiger partial charge in [-0.25, -0.2) is 4.79 Å². The van der Waals surface area contributed by atoms with Crippen molar-refractivity contribution >= 4 is 23.6 Å². The van der Waals surface area contributed by atoms with Gasteiger partial charge < -0.3 is 19.5 Å². The van der Waals surface area contributed by atoms with Crippen LogP contribution in [0.2, 0.25) is 0 Å². The number of benzene rings is 2. The van der Waals surface area contributed by atoms with E-state index in [-0.39, 0.29) is 24.7 Å². The molecule has 2 aromatic carbocycles. The second kappa shape index (κ2) is 11.3. The molecule has 2 rings (SSSR count). The van der Waals surface area contributed by atoms with E-state index in [9.17, 15) is 14.9 Å². The van der Waals surface area contributed by atoms with Crippen molar-refractivity contribution in [2.75, 3.05) is 25.1 Å². The second-order valence-corrected chi connectivity index (χ2v) is 6.23. The highest BCUT2D eigenvalue weighted by Crippen LogP contribution is 2.29. The van der Waals surface area contributed by atoms with Crippen molar-refractivity contribution in [2.24, 2.45) is 0 Å². The summed E-state index contributed by atoms with van der Waals surface area (Å²) >= 11 is 0. The minimum Gasteiger partial charge on any atom is -0.490 e. The third kappa shape index (κ3) is 6.67. The highest BCUT2D eigenvalue weighted by molar-refractivity contribution is 5.98. The fraction of sp³-hybridized carbons (Fsp3) is 0.261. The van der Waals surface area contributed by atoms with Crippen LogP contribution in [0, 0.1) is 18.3 Å². The molecule has 7 heteroatoms. The number of nitrogens with one attached hydrogen (secondary N) is 1. The molecule has 0 heterocycles. The van der Waals surface area contributed by atoms with Gasteiger partial charge in [0.05, 0.1) is 13.2 Å². The Morgan fingerprint density at radius 3 is 2.40 bits per heavy atom. The van der Waals surface area contributed by atoms with Gasteiger partial charge in [0.1, 0.15) is 11.6 Å². The lowest BCUT2D eigenvalue weighted by atomic mass is 10.1. The number of carbonyl (C=O) groups excluding carboxylic acids is 2. The van der Waals surface area contributed by atoms with Crippen LogP contribution in [0.5, 0.6) is 11.5 Å². The van der Waals surface area contributed by atoms with Crippen LogP contribution in [0.4, 0.5) is 5.69 Å². The number of ether oxygens (including phenoxy) is 3. The minimum absolute atomic E-state index is 0.120. The number of carbonyl (C=O) groups is 2. The first kappa shape index (κ1) is 22.5. The van der Waals surface area contributed by atoms with Gasteiger partial charge in [-0.05, 0) is 56.7 Å². The Balaban J connectivity index is 2.10. The lowest BCUT2D eigenvalue weighted by Crippen LogP contribution is -2.20. The molecule has 2 aromatic rings. The average Bonchev–Trinajstić information content (AvgIpc) is 2.73. The van der Waals surface area contributed by atoms with Crippen LogP contribution < -0.4 is 14.8 Å². The van der Waals surface area contributed by atoms with Crippen molar-refractivity contribution in [3.63, 3.8) is 0 Å². The number of hydrogen-bond donors (Lipinski definition) is 1. The molecule has 0 aliphatic carbocycles. The zero-order chi connectivity index (χ0) is 21.9. The van der Waals surface area contributed by atoms with E-state index in [0.717, 1.165) is 5.56 Å². The summed E-state index contributed by atoms with van der Waals surface area (Å²) in [5.74, 6) is -0.219. The van der Waals surface area contributed by atoms with Crippen molar-refractivity contribution < 1.29 is 23.8 Å². The Kier molecular flexibility index (Phi) is 8.45. The largest absolute Gasteiger partial charge is 0.490 e. The molecule has 1 N–H and O–H groups in total. The maximum absolute atomic E-state index is 12.2. The zero-order valence-electron chi connectivity index (χ0n) is 17.2. The predicted molar refractivity (Wildman–Crippen MR) is 113 cm³/mol. The first-order chi connectivity index (χ1) is 14.5. The molecule has 0 saturated heterocycles. The molecular formula is C23H24N2O5. The van der Waals surface area contributed by atoms with Gasteiger partial charge in [-0.15, -0.1) is 0 Å². The summed E-state index contributed by atoms with van der Waals surface area (Å²) in [7, 11) is 0. The number of esters is 1. The monoisotopic (exact) mass is 408 g/mol. The van der Waals surface area contributed by atoms with E-state index < -0.39 is 5.97 Å². The standard InChI is InChI=1S/C23H24N2O5/c1-4-28-21-13-17(12-18(14-24)23(27)29-5-2)8-11-20(21)30-15-22(26)25-19-9-6-16(3)7-10-19/h6-13H,4-5,15H2,1-3H3,(H,25,26). The molecule has 0 aliphatic heterocycles. The Hall–Kier alpha value is -3.79. The van der Waals surface area contributed by atoms with Crippen LogP contribution >= 0.6 is 0 Å². The summed E-state index contributed by atoms with van der Waals surface area (Å²) < 4.78 is 16.0. The molecule has 0 aliphatic rings. The minimum atomic E-state index is -0.689. The highest BCUT2D eigenvalue weighted by Gasteiger charge is 2.12. The number of nitriles is 1. The van der Waals surface area contributed by atoms with Crippen molar-refractivity contribution in [1.29, 1.82) is 5.26 Å². The second-order valence-electron chi connectivity index (χ2n) is 6.23. The maximum atomic E-state index is 12.2. The lowest BCUT2D eigenvalue weighted by molar-refractivity contribution is -0.137. The molecule has 1 amide bonds. The third-order valence-electron chi connectivity index (χ3n) is 3.89. The summed E-state index contributed by atoms with van der Waals surface area (Å²) in [6.45, 7) is 5.81. The Labute approximate surface area is 175 Å². The number of rotatable bonds is 9. The van der Waals surface area contributed by atoms with Gasteiger partial charge in [0.15, 0.2) is 18.1 Å². The molecule has 0 radical (unpaired) electrons. The van der Waals surface area contributed by atoms with Gasteiger partial charge in [-0.1, -0.05) is 23.8 Å². The van der Waals surface area contributed by atoms with Gasteiger partial charge in [0.2, 0.25) is 0 Å². The summed E-state index contributed by atoms with van der Waals surface area (Å²) in [6, 6.07) is 14.2. The summed E-state index contributed by atoms with van der Waals surface area (Å²) in [5, 5.41) is 11.9. The number of anilines is 1. The van der Waals surface area contributed by atoms with Gasteiger partial charge in [-0.2, -0.15) is 5.26 Å². The zero-order valence-corrected chi connectivity index (χ0v) is 17.2. The molecule has 0 bridgehead atoms. The van der Waals surface area contributed by atoms with Crippen molar-refractivity contribution in [3.05, 3.63) is 59.2 Å². The molecule has 30 heavy (non-hydrogen) atoms. The summed E-state index contributed by atoms with van der Waals surface area (Å²) in [5.41, 5.74) is 2.23. The van der Waals surface area contributed by atoms with E-state index in [1.54, 1.807) is 25.1 Å². The van der Waals surface area contributed by atoms with Crippen molar-refractivity contribution in [2.45, 2.75) is 20.8 Å². The van der Waals surface area contributed by atoms with E-state index in [1.807, 2.05) is 44.2 Å².